The molecule has 5 rings (SSSR count). The second kappa shape index (κ2) is 7.48. The van der Waals surface area contributed by atoms with Crippen LogP contribution in [0.4, 0.5) is 5.69 Å². The van der Waals surface area contributed by atoms with Gasteiger partial charge in [0.1, 0.15) is 12.3 Å². The quantitative estimate of drug-likeness (QED) is 0.603. The van der Waals surface area contributed by atoms with Gasteiger partial charge in [0.25, 0.3) is 5.91 Å². The zero-order valence-corrected chi connectivity index (χ0v) is 17.7. The maximum Gasteiger partial charge on any atom is 0.265 e. The number of benzene rings is 1. The van der Waals surface area contributed by atoms with E-state index < -0.39 is 0 Å². The van der Waals surface area contributed by atoms with Gasteiger partial charge in [0, 0.05) is 21.3 Å². The van der Waals surface area contributed by atoms with Crippen LogP contribution in [0.25, 0.3) is 0 Å². The standard InChI is InChI=1S/C21H17ClN2O3S2/c22-13-3-4-16-15(10-13)24(20(26)12-27-16)11-19(25)23-7-5-17-14(6-9-29-17)21(23)18-2-1-8-28-18/h1-4,6,8-10,21H,5,7,11-12H2/t21-/m0/s1. The highest BCUT2D eigenvalue weighted by Gasteiger charge is 2.36. The van der Waals surface area contributed by atoms with Gasteiger partial charge in [-0.2, -0.15) is 0 Å². The third-order valence-electron chi connectivity index (χ3n) is 5.26. The first kappa shape index (κ1) is 18.7. The summed E-state index contributed by atoms with van der Waals surface area (Å²) >= 11 is 9.51. The van der Waals surface area contributed by atoms with Gasteiger partial charge in [-0.1, -0.05) is 17.7 Å². The lowest BCUT2D eigenvalue weighted by Gasteiger charge is -2.37. The van der Waals surface area contributed by atoms with Crippen LogP contribution >= 0.6 is 34.3 Å². The van der Waals surface area contributed by atoms with E-state index in [4.69, 9.17) is 16.3 Å². The van der Waals surface area contributed by atoms with Crippen molar-refractivity contribution in [3.63, 3.8) is 0 Å². The number of hydrogen-bond acceptors (Lipinski definition) is 5. The monoisotopic (exact) mass is 444 g/mol. The zero-order chi connectivity index (χ0) is 20.0. The van der Waals surface area contributed by atoms with E-state index in [1.807, 2.05) is 16.3 Å². The molecule has 4 heterocycles. The third kappa shape index (κ3) is 3.33. The first-order chi connectivity index (χ1) is 14.1. The maximum absolute atomic E-state index is 13.4. The summed E-state index contributed by atoms with van der Waals surface area (Å²) in [7, 11) is 0. The topological polar surface area (TPSA) is 49.9 Å². The molecule has 2 aliphatic rings. The van der Waals surface area contributed by atoms with Gasteiger partial charge in [0.2, 0.25) is 5.91 Å². The Morgan fingerprint density at radius 3 is 2.93 bits per heavy atom. The highest BCUT2D eigenvalue weighted by atomic mass is 35.5. The van der Waals surface area contributed by atoms with Gasteiger partial charge in [-0.25, -0.2) is 0 Å². The molecule has 0 radical (unpaired) electrons. The minimum Gasteiger partial charge on any atom is -0.482 e. The van der Waals surface area contributed by atoms with Crippen LogP contribution in [-0.4, -0.2) is 36.4 Å². The summed E-state index contributed by atoms with van der Waals surface area (Å²) in [6, 6.07) is 11.2. The SMILES string of the molecule is O=C1COc2ccc(Cl)cc2N1CC(=O)N1CCc2sccc2[C@H]1c1cccs1. The molecular weight excluding hydrogens is 428 g/mol. The van der Waals surface area contributed by atoms with E-state index in [0.29, 0.717) is 23.0 Å². The minimum absolute atomic E-state index is 0.0309. The number of carbonyl (C=O) groups excluding carboxylic acids is 2. The predicted octanol–water partition coefficient (Wildman–Crippen LogP) is 4.36. The fourth-order valence-corrected chi connectivity index (χ4v) is 5.84. The van der Waals surface area contributed by atoms with Crippen molar-refractivity contribution >= 4 is 51.8 Å². The number of hydrogen-bond donors (Lipinski definition) is 0. The third-order valence-corrected chi connectivity index (χ3v) is 7.41. The van der Waals surface area contributed by atoms with Crippen molar-refractivity contribution in [1.29, 1.82) is 0 Å². The summed E-state index contributed by atoms with van der Waals surface area (Å²) < 4.78 is 5.49. The highest BCUT2D eigenvalue weighted by molar-refractivity contribution is 7.10. The summed E-state index contributed by atoms with van der Waals surface area (Å²) in [4.78, 5) is 31.8. The Hall–Kier alpha value is -2.35. The summed E-state index contributed by atoms with van der Waals surface area (Å²) in [5.41, 5.74) is 1.73. The minimum atomic E-state index is -0.242. The number of carbonyl (C=O) groups is 2. The van der Waals surface area contributed by atoms with Gasteiger partial charge in [0.15, 0.2) is 6.61 Å². The molecule has 0 aliphatic carbocycles. The second-order valence-corrected chi connectivity index (χ2v) is 9.35. The Balaban J connectivity index is 1.47. The van der Waals surface area contributed by atoms with Crippen LogP contribution in [0, 0.1) is 0 Å². The van der Waals surface area contributed by atoms with Crippen molar-refractivity contribution in [2.24, 2.45) is 0 Å². The van der Waals surface area contributed by atoms with Crippen LogP contribution < -0.4 is 9.64 Å². The summed E-state index contributed by atoms with van der Waals surface area (Å²) in [5, 5.41) is 4.61. The zero-order valence-electron chi connectivity index (χ0n) is 15.3. The molecule has 2 aliphatic heterocycles. The first-order valence-electron chi connectivity index (χ1n) is 9.23. The maximum atomic E-state index is 13.4. The van der Waals surface area contributed by atoms with Crippen molar-refractivity contribution in [2.45, 2.75) is 12.5 Å². The molecule has 0 fully saturated rings. The van der Waals surface area contributed by atoms with E-state index in [0.717, 1.165) is 11.3 Å². The molecule has 0 saturated heterocycles. The van der Waals surface area contributed by atoms with E-state index in [1.165, 1.54) is 15.3 Å². The van der Waals surface area contributed by atoms with Crippen molar-refractivity contribution < 1.29 is 14.3 Å². The number of amides is 2. The van der Waals surface area contributed by atoms with Crippen molar-refractivity contribution in [1.82, 2.24) is 4.90 Å². The molecule has 8 heteroatoms. The lowest BCUT2D eigenvalue weighted by molar-refractivity contribution is -0.133. The van der Waals surface area contributed by atoms with Gasteiger partial charge >= 0.3 is 0 Å². The number of rotatable bonds is 3. The Labute approximate surface area is 181 Å². The molecule has 1 aromatic carbocycles. The predicted molar refractivity (Wildman–Crippen MR) is 115 cm³/mol. The van der Waals surface area contributed by atoms with Crippen molar-refractivity contribution in [3.8, 4) is 5.75 Å². The van der Waals surface area contributed by atoms with E-state index in [9.17, 15) is 9.59 Å². The Bertz CT molecular complexity index is 1080. The van der Waals surface area contributed by atoms with Gasteiger partial charge in [0.05, 0.1) is 11.7 Å². The number of thiophene rings is 2. The molecule has 29 heavy (non-hydrogen) atoms. The lowest BCUT2D eigenvalue weighted by Crippen LogP contribution is -2.48. The Morgan fingerprint density at radius 2 is 2.10 bits per heavy atom. The molecule has 0 spiro atoms. The number of anilines is 1. The van der Waals surface area contributed by atoms with E-state index in [1.54, 1.807) is 40.9 Å². The molecule has 0 unspecified atom stereocenters. The lowest BCUT2D eigenvalue weighted by atomic mass is 9.98. The molecule has 0 bridgehead atoms. The van der Waals surface area contributed by atoms with E-state index in [2.05, 4.69) is 17.5 Å². The fraction of sp³-hybridized carbons (Fsp3) is 0.238. The van der Waals surface area contributed by atoms with Gasteiger partial charge < -0.3 is 9.64 Å². The van der Waals surface area contributed by atoms with Crippen LogP contribution in [-0.2, 0) is 16.0 Å². The summed E-state index contributed by atoms with van der Waals surface area (Å²) in [6.07, 6.45) is 0.833. The normalized spacial score (nSPS) is 18.2. The summed E-state index contributed by atoms with van der Waals surface area (Å²) in [5.74, 6) is 0.241. The average Bonchev–Trinajstić information content (AvgIpc) is 3.41. The van der Waals surface area contributed by atoms with Crippen molar-refractivity contribution in [3.05, 3.63) is 67.5 Å². The first-order valence-corrected chi connectivity index (χ1v) is 11.4. The molecular formula is C21H17ClN2O3S2. The number of halogens is 1. The smallest absolute Gasteiger partial charge is 0.265 e. The Morgan fingerprint density at radius 1 is 1.21 bits per heavy atom. The van der Waals surface area contributed by atoms with Crippen molar-refractivity contribution in [2.75, 3.05) is 24.6 Å². The van der Waals surface area contributed by atoms with Gasteiger partial charge in [-0.15, -0.1) is 22.7 Å². The summed E-state index contributed by atoms with van der Waals surface area (Å²) in [6.45, 7) is 0.525. The molecule has 3 aromatic rings. The second-order valence-electron chi connectivity index (χ2n) is 6.93. The molecule has 5 nitrogen and oxygen atoms in total. The van der Waals surface area contributed by atoms with Crippen LogP contribution in [0.2, 0.25) is 5.02 Å². The number of ether oxygens (including phenoxy) is 1. The molecule has 0 saturated carbocycles. The van der Waals surface area contributed by atoms with Crippen LogP contribution in [0.3, 0.4) is 0 Å². The van der Waals surface area contributed by atoms with Crippen LogP contribution in [0.5, 0.6) is 5.75 Å². The van der Waals surface area contributed by atoms with Crippen LogP contribution in [0.1, 0.15) is 21.4 Å². The average molecular weight is 445 g/mol. The largest absolute Gasteiger partial charge is 0.482 e. The fourth-order valence-electron chi connectivity index (χ4n) is 3.91. The van der Waals surface area contributed by atoms with E-state index >= 15 is 0 Å². The van der Waals surface area contributed by atoms with Crippen LogP contribution in [0.15, 0.2) is 47.2 Å². The van der Waals surface area contributed by atoms with Gasteiger partial charge in [-0.05, 0) is 53.1 Å². The molecule has 2 aromatic heterocycles. The molecule has 0 N–H and O–H groups in total. The highest BCUT2D eigenvalue weighted by Crippen LogP contribution is 2.40. The van der Waals surface area contributed by atoms with E-state index in [-0.39, 0.29) is 31.0 Å². The number of nitrogens with zero attached hydrogens (tertiary/aromatic N) is 2. The van der Waals surface area contributed by atoms with Gasteiger partial charge in [-0.3, -0.25) is 14.5 Å². The molecule has 1 atom stereocenters. The molecule has 148 valence electrons. The number of fused-ring (bicyclic) bond motifs is 2. The molecule has 2 amide bonds. The Kier molecular flexibility index (Phi) is 4.81.